The highest BCUT2D eigenvalue weighted by Gasteiger charge is 2.11. The minimum absolute atomic E-state index is 1.13. The molecule has 3 aromatic rings. The summed E-state index contributed by atoms with van der Waals surface area (Å²) in [6.45, 7) is 2.11. The predicted molar refractivity (Wildman–Crippen MR) is 108 cm³/mol. The van der Waals surface area contributed by atoms with Crippen LogP contribution in [0.3, 0.4) is 0 Å². The Morgan fingerprint density at radius 3 is 1.52 bits per heavy atom. The van der Waals surface area contributed by atoms with Crippen molar-refractivity contribution in [3.63, 3.8) is 0 Å². The lowest BCUT2D eigenvalue weighted by molar-refractivity contribution is 1.27. The van der Waals surface area contributed by atoms with E-state index in [1.165, 1.54) is 5.56 Å². The normalized spacial score (nSPS) is 10.4. The van der Waals surface area contributed by atoms with Gasteiger partial charge in [0.25, 0.3) is 0 Å². The Hall–Kier alpha value is -1.88. The van der Waals surface area contributed by atoms with E-state index in [0.717, 1.165) is 22.7 Å². The standard InChI is InChI=1S/C19H20N2P2/c1-15-7-9-17(10-8-15)20(16-5-3-2-4-6-16)18-11-13-19(14-12-18)21(22)23/h2-14H,22-23H2,1H3. The van der Waals surface area contributed by atoms with Crippen LogP contribution in [0.15, 0.2) is 78.9 Å². The van der Waals surface area contributed by atoms with Crippen LogP contribution in [0.4, 0.5) is 22.7 Å². The van der Waals surface area contributed by atoms with Crippen LogP contribution in [0.5, 0.6) is 0 Å². The molecule has 0 amide bonds. The Morgan fingerprint density at radius 2 is 1.00 bits per heavy atom. The summed E-state index contributed by atoms with van der Waals surface area (Å²) in [5.74, 6) is 0. The number of hydrogen-bond donors (Lipinski definition) is 0. The van der Waals surface area contributed by atoms with Crippen LogP contribution in [-0.4, -0.2) is 0 Å². The van der Waals surface area contributed by atoms with Gasteiger partial charge in [0.05, 0.1) is 0 Å². The van der Waals surface area contributed by atoms with Gasteiger partial charge in [-0.1, -0.05) is 35.9 Å². The zero-order valence-electron chi connectivity index (χ0n) is 13.1. The summed E-state index contributed by atoms with van der Waals surface area (Å²) in [7, 11) is 5.29. The summed E-state index contributed by atoms with van der Waals surface area (Å²) >= 11 is 0. The van der Waals surface area contributed by atoms with E-state index in [1.54, 1.807) is 0 Å². The number of para-hydroxylation sites is 1. The molecule has 116 valence electrons. The van der Waals surface area contributed by atoms with Gasteiger partial charge in [0.2, 0.25) is 0 Å². The van der Waals surface area contributed by atoms with Crippen molar-refractivity contribution >= 4 is 41.5 Å². The van der Waals surface area contributed by atoms with Gasteiger partial charge in [0, 0.05) is 22.7 Å². The van der Waals surface area contributed by atoms with E-state index < -0.39 is 0 Å². The van der Waals surface area contributed by atoms with Crippen molar-refractivity contribution in [2.24, 2.45) is 0 Å². The summed E-state index contributed by atoms with van der Waals surface area (Å²) in [5.41, 5.74) is 5.83. The van der Waals surface area contributed by atoms with Gasteiger partial charge in [-0.05, 0) is 74.2 Å². The molecule has 0 spiro atoms. The monoisotopic (exact) mass is 338 g/mol. The van der Waals surface area contributed by atoms with Crippen LogP contribution in [0.1, 0.15) is 5.56 Å². The molecule has 0 aliphatic carbocycles. The molecule has 0 aromatic heterocycles. The van der Waals surface area contributed by atoms with Crippen molar-refractivity contribution in [3.8, 4) is 0 Å². The number of hydrogen-bond acceptors (Lipinski definition) is 2. The molecule has 2 nitrogen and oxygen atoms in total. The summed E-state index contributed by atoms with van der Waals surface area (Å²) in [6.07, 6.45) is 0. The maximum Gasteiger partial charge on any atom is 0.0463 e. The second kappa shape index (κ2) is 7.13. The predicted octanol–water partition coefficient (Wildman–Crippen LogP) is 5.85. The molecule has 23 heavy (non-hydrogen) atoms. The molecule has 0 heterocycles. The lowest BCUT2D eigenvalue weighted by Crippen LogP contribution is -2.09. The zero-order valence-corrected chi connectivity index (χ0v) is 15.4. The topological polar surface area (TPSA) is 6.48 Å². The molecule has 0 N–H and O–H groups in total. The number of nitrogens with zero attached hydrogens (tertiary/aromatic N) is 2. The number of aryl methyl sites for hydroxylation is 1. The Kier molecular flexibility index (Phi) is 4.96. The Labute approximate surface area is 142 Å². The van der Waals surface area contributed by atoms with Gasteiger partial charge in [-0.15, -0.1) is 0 Å². The second-order valence-electron chi connectivity index (χ2n) is 5.43. The molecule has 0 fully saturated rings. The fourth-order valence-electron chi connectivity index (χ4n) is 2.49. The maximum atomic E-state index is 2.65. The van der Waals surface area contributed by atoms with E-state index in [-0.39, 0.29) is 0 Å². The third-order valence-corrected chi connectivity index (χ3v) is 4.31. The van der Waals surface area contributed by atoms with Crippen molar-refractivity contribution in [2.75, 3.05) is 9.34 Å². The maximum absolute atomic E-state index is 2.65. The Balaban J connectivity index is 2.06. The van der Waals surface area contributed by atoms with Crippen molar-refractivity contribution in [3.05, 3.63) is 84.4 Å². The Morgan fingerprint density at radius 1 is 0.565 bits per heavy atom. The summed E-state index contributed by atoms with van der Waals surface area (Å²) in [4.78, 5) is 2.26. The van der Waals surface area contributed by atoms with E-state index in [2.05, 4.69) is 103 Å². The summed E-state index contributed by atoms with van der Waals surface area (Å²) in [6, 6.07) is 27.6. The van der Waals surface area contributed by atoms with Crippen LogP contribution >= 0.6 is 18.8 Å². The third-order valence-electron chi connectivity index (χ3n) is 3.71. The van der Waals surface area contributed by atoms with Gasteiger partial charge in [-0.2, -0.15) is 0 Å². The van der Waals surface area contributed by atoms with E-state index in [9.17, 15) is 0 Å². The first-order valence-corrected chi connectivity index (χ1v) is 8.50. The van der Waals surface area contributed by atoms with Crippen LogP contribution < -0.4 is 9.34 Å². The molecule has 0 aliphatic heterocycles. The van der Waals surface area contributed by atoms with E-state index >= 15 is 0 Å². The average molecular weight is 338 g/mol. The van der Waals surface area contributed by atoms with Gasteiger partial charge in [0.15, 0.2) is 0 Å². The molecule has 0 saturated carbocycles. The molecule has 0 saturated heterocycles. The molecular formula is C19H20N2P2. The number of benzene rings is 3. The van der Waals surface area contributed by atoms with Crippen molar-refractivity contribution < 1.29 is 0 Å². The van der Waals surface area contributed by atoms with Gasteiger partial charge >= 0.3 is 0 Å². The van der Waals surface area contributed by atoms with E-state index in [4.69, 9.17) is 0 Å². The van der Waals surface area contributed by atoms with Gasteiger partial charge in [-0.25, -0.2) is 0 Å². The molecule has 0 bridgehead atoms. The second-order valence-corrected chi connectivity index (χ2v) is 7.14. The first-order chi connectivity index (χ1) is 11.1. The first kappa shape index (κ1) is 16.0. The van der Waals surface area contributed by atoms with E-state index in [0.29, 0.717) is 0 Å². The first-order valence-electron chi connectivity index (χ1n) is 7.46. The molecule has 0 radical (unpaired) electrons. The SMILES string of the molecule is Cc1ccc(N(c2ccccc2)c2ccc(N(P)P)cc2)cc1. The molecular weight excluding hydrogens is 318 g/mol. The summed E-state index contributed by atoms with van der Waals surface area (Å²) in [5, 5.41) is 0. The average Bonchev–Trinajstić information content (AvgIpc) is 2.58. The fraction of sp³-hybridized carbons (Fsp3) is 0.0526. The van der Waals surface area contributed by atoms with Crippen LogP contribution in [-0.2, 0) is 0 Å². The van der Waals surface area contributed by atoms with Gasteiger partial charge < -0.3 is 9.34 Å². The largest absolute Gasteiger partial charge is 0.341 e. The molecule has 2 atom stereocenters. The smallest absolute Gasteiger partial charge is 0.0463 e. The van der Waals surface area contributed by atoms with Crippen molar-refractivity contribution in [2.45, 2.75) is 6.92 Å². The minimum Gasteiger partial charge on any atom is -0.341 e. The third kappa shape index (κ3) is 3.72. The molecule has 4 heteroatoms. The van der Waals surface area contributed by atoms with Crippen LogP contribution in [0.25, 0.3) is 0 Å². The highest BCUT2D eigenvalue weighted by atomic mass is 31.1. The molecule has 0 aliphatic rings. The summed E-state index contributed by atoms with van der Waals surface area (Å²) < 4.78 is 1.95. The molecule has 3 aromatic carbocycles. The van der Waals surface area contributed by atoms with Crippen molar-refractivity contribution in [1.29, 1.82) is 0 Å². The molecule has 3 rings (SSSR count). The van der Waals surface area contributed by atoms with E-state index in [1.807, 2.05) is 10.5 Å². The van der Waals surface area contributed by atoms with Crippen LogP contribution in [0, 0.1) is 6.92 Å². The Bertz CT molecular complexity index is 754. The number of rotatable bonds is 4. The van der Waals surface area contributed by atoms with Crippen molar-refractivity contribution in [1.82, 2.24) is 0 Å². The minimum atomic E-state index is 1.13. The highest BCUT2D eigenvalue weighted by molar-refractivity contribution is 7.39. The van der Waals surface area contributed by atoms with Crippen LogP contribution in [0.2, 0.25) is 0 Å². The lowest BCUT2D eigenvalue weighted by atomic mass is 10.1. The van der Waals surface area contributed by atoms with Gasteiger partial charge in [0.1, 0.15) is 0 Å². The molecule has 2 unspecified atom stereocenters. The fourth-order valence-corrected chi connectivity index (χ4v) is 2.84. The number of anilines is 4. The quantitative estimate of drug-likeness (QED) is 0.551. The lowest BCUT2D eigenvalue weighted by Gasteiger charge is -2.26. The highest BCUT2D eigenvalue weighted by Crippen LogP contribution is 2.35. The van der Waals surface area contributed by atoms with Gasteiger partial charge in [-0.3, -0.25) is 0 Å². The zero-order chi connectivity index (χ0) is 16.2.